The highest BCUT2D eigenvalue weighted by molar-refractivity contribution is 5.92. The molecule has 1 N–H and O–H groups in total. The molecule has 4 heterocycles. The quantitative estimate of drug-likeness (QED) is 0.169. The van der Waals surface area contributed by atoms with E-state index in [2.05, 4.69) is 15.3 Å². The van der Waals surface area contributed by atoms with E-state index >= 15 is 8.78 Å². The zero-order chi connectivity index (χ0) is 32.4. The van der Waals surface area contributed by atoms with Crippen LogP contribution >= 0.6 is 0 Å². The smallest absolute Gasteiger partial charge is 0.401 e. The van der Waals surface area contributed by atoms with E-state index in [9.17, 15) is 13.2 Å². The summed E-state index contributed by atoms with van der Waals surface area (Å²) in [6, 6.07) is 13.3. The maximum Gasteiger partial charge on any atom is 0.401 e. The molecule has 3 aromatic heterocycles. The Bertz CT molecular complexity index is 1830. The Kier molecular flexibility index (Phi) is 8.85. The number of nitrogens with zero attached hydrogens (tertiary/aromatic N) is 6. The van der Waals surface area contributed by atoms with Crippen molar-refractivity contribution in [1.82, 2.24) is 29.6 Å². The van der Waals surface area contributed by atoms with Gasteiger partial charge in [-0.25, -0.2) is 18.7 Å². The van der Waals surface area contributed by atoms with Crippen LogP contribution in [0.25, 0.3) is 22.4 Å². The molecule has 1 aliphatic heterocycles. The summed E-state index contributed by atoms with van der Waals surface area (Å²) < 4.78 is 75.8. The molecule has 8 nitrogen and oxygen atoms in total. The van der Waals surface area contributed by atoms with Crippen LogP contribution in [-0.4, -0.2) is 62.0 Å². The van der Waals surface area contributed by atoms with E-state index < -0.39 is 24.4 Å². The van der Waals surface area contributed by atoms with Gasteiger partial charge in [-0.2, -0.15) is 18.3 Å². The first-order valence-electron chi connectivity index (χ1n) is 15.0. The number of ether oxygens (including phenoxy) is 1. The van der Waals surface area contributed by atoms with Crippen LogP contribution in [0.15, 0.2) is 60.9 Å². The third kappa shape index (κ3) is 6.94. The van der Waals surface area contributed by atoms with Crippen molar-refractivity contribution in [3.05, 3.63) is 89.4 Å². The van der Waals surface area contributed by atoms with Gasteiger partial charge < -0.3 is 10.1 Å². The molecule has 1 saturated heterocycles. The Morgan fingerprint density at radius 3 is 2.43 bits per heavy atom. The molecule has 1 fully saturated rings. The summed E-state index contributed by atoms with van der Waals surface area (Å²) in [7, 11) is 0. The average Bonchev–Trinajstić information content (AvgIpc) is 3.37. The van der Waals surface area contributed by atoms with Crippen molar-refractivity contribution in [3.8, 4) is 17.3 Å². The van der Waals surface area contributed by atoms with Gasteiger partial charge in [0, 0.05) is 52.4 Å². The molecular formula is C33H32F5N7O. The molecule has 0 amide bonds. The molecule has 0 spiro atoms. The summed E-state index contributed by atoms with van der Waals surface area (Å²) in [5.74, 6) is -0.655. The summed E-state index contributed by atoms with van der Waals surface area (Å²) in [6.07, 6.45) is 0.144. The summed E-state index contributed by atoms with van der Waals surface area (Å²) in [5, 5.41) is 8.77. The minimum atomic E-state index is -4.25. The first-order valence-corrected chi connectivity index (χ1v) is 15.0. The van der Waals surface area contributed by atoms with Crippen molar-refractivity contribution < 1.29 is 26.7 Å². The lowest BCUT2D eigenvalue weighted by Crippen LogP contribution is -2.39. The fraction of sp³-hybridized carbons (Fsp3) is 0.333. The normalized spacial score (nSPS) is 14.6. The molecule has 5 aromatic rings. The predicted octanol–water partition coefficient (Wildman–Crippen LogP) is 7.41. The number of halogens is 5. The maximum absolute atomic E-state index is 15.0. The Labute approximate surface area is 262 Å². The second-order valence-electron chi connectivity index (χ2n) is 11.3. The molecule has 0 unspecified atom stereocenters. The van der Waals surface area contributed by atoms with E-state index in [4.69, 9.17) is 14.8 Å². The predicted molar refractivity (Wildman–Crippen MR) is 164 cm³/mol. The summed E-state index contributed by atoms with van der Waals surface area (Å²) in [5.41, 5.74) is 3.21. The molecule has 0 atom stereocenters. The van der Waals surface area contributed by atoms with Crippen LogP contribution in [0.4, 0.5) is 33.5 Å². The van der Waals surface area contributed by atoms with Crippen LogP contribution in [0.1, 0.15) is 42.5 Å². The first kappa shape index (κ1) is 31.3. The van der Waals surface area contributed by atoms with Crippen molar-refractivity contribution >= 4 is 22.4 Å². The van der Waals surface area contributed by atoms with E-state index in [-0.39, 0.29) is 36.2 Å². The topological polar surface area (TPSA) is 81.0 Å². The lowest BCUT2D eigenvalue weighted by atomic mass is 9.90. The minimum absolute atomic E-state index is 0.0659. The lowest BCUT2D eigenvalue weighted by Gasteiger charge is -2.33. The largest absolute Gasteiger partial charge is 0.494 e. The minimum Gasteiger partial charge on any atom is -0.494 e. The highest BCUT2D eigenvalue weighted by atomic mass is 19.4. The number of fused-ring (bicyclic) bond motifs is 1. The summed E-state index contributed by atoms with van der Waals surface area (Å²) >= 11 is 0. The van der Waals surface area contributed by atoms with Crippen molar-refractivity contribution in [3.63, 3.8) is 0 Å². The van der Waals surface area contributed by atoms with Gasteiger partial charge in [0.05, 0.1) is 25.2 Å². The summed E-state index contributed by atoms with van der Waals surface area (Å²) in [6.45, 7) is 3.36. The SMILES string of the molecule is CCOc1cc(F)c(Cn2nc(-c3ncc(C4CCN(CC(F)(F)F)CC4)c(Nc4ccnc(C)c4)n3)c3ccccc32)c(F)c1. The third-order valence-electron chi connectivity index (χ3n) is 8.01. The van der Waals surface area contributed by atoms with Crippen molar-refractivity contribution in [2.24, 2.45) is 0 Å². The Morgan fingerprint density at radius 1 is 1.00 bits per heavy atom. The number of aryl methyl sites for hydroxylation is 1. The molecule has 1 aliphatic rings. The fourth-order valence-electron chi connectivity index (χ4n) is 5.86. The molecular weight excluding hydrogens is 605 g/mol. The standard InChI is InChI=1S/C33H32F5N7O/c1-3-46-23-15-27(34)26(28(35)16-23)18-45-29-7-5-4-6-24(29)30(43-45)32-40-17-25(21-9-12-44(13-10-21)19-33(36,37)38)31(42-32)41-22-8-11-39-20(2)14-22/h4-8,11,14-17,21H,3,9-10,12-13,18-19H2,1-2H3,(H,39,40,41,42). The second kappa shape index (κ2) is 13.0. The number of nitrogens with one attached hydrogen (secondary N) is 1. The zero-order valence-corrected chi connectivity index (χ0v) is 25.3. The third-order valence-corrected chi connectivity index (χ3v) is 8.01. The van der Waals surface area contributed by atoms with Gasteiger partial charge in [-0.1, -0.05) is 18.2 Å². The molecule has 0 aliphatic carbocycles. The van der Waals surface area contributed by atoms with Crippen molar-refractivity contribution in [1.29, 1.82) is 0 Å². The molecule has 0 radical (unpaired) electrons. The number of piperidine rings is 1. The van der Waals surface area contributed by atoms with Gasteiger partial charge in [0.25, 0.3) is 0 Å². The van der Waals surface area contributed by atoms with Gasteiger partial charge in [-0.3, -0.25) is 14.6 Å². The fourth-order valence-corrected chi connectivity index (χ4v) is 5.86. The monoisotopic (exact) mass is 637 g/mol. The number of para-hydroxylation sites is 1. The van der Waals surface area contributed by atoms with E-state index in [1.54, 1.807) is 31.5 Å². The molecule has 13 heteroatoms. The van der Waals surface area contributed by atoms with Crippen LogP contribution in [0, 0.1) is 18.6 Å². The van der Waals surface area contributed by atoms with E-state index in [0.29, 0.717) is 48.3 Å². The Morgan fingerprint density at radius 2 is 1.74 bits per heavy atom. The number of benzene rings is 2. The first-order chi connectivity index (χ1) is 22.1. The second-order valence-corrected chi connectivity index (χ2v) is 11.3. The van der Waals surface area contributed by atoms with E-state index in [0.717, 1.165) is 29.1 Å². The van der Waals surface area contributed by atoms with Crippen LogP contribution in [-0.2, 0) is 6.54 Å². The van der Waals surface area contributed by atoms with Crippen LogP contribution in [0.2, 0.25) is 0 Å². The number of pyridine rings is 1. The number of hydrogen-bond acceptors (Lipinski definition) is 7. The molecule has 240 valence electrons. The number of likely N-dealkylation sites (tertiary alicyclic amines) is 1. The van der Waals surface area contributed by atoms with Gasteiger partial charge in [0.2, 0.25) is 0 Å². The molecule has 0 saturated carbocycles. The van der Waals surface area contributed by atoms with Crippen molar-refractivity contribution in [2.45, 2.75) is 45.3 Å². The molecule has 0 bridgehead atoms. The molecule has 2 aromatic carbocycles. The summed E-state index contributed by atoms with van der Waals surface area (Å²) in [4.78, 5) is 15.2. The number of rotatable bonds is 9. The van der Waals surface area contributed by atoms with Crippen LogP contribution < -0.4 is 10.1 Å². The molecule has 46 heavy (non-hydrogen) atoms. The Balaban J connectivity index is 1.36. The highest BCUT2D eigenvalue weighted by Gasteiger charge is 2.33. The molecule has 6 rings (SSSR count). The number of hydrogen-bond donors (Lipinski definition) is 1. The van der Waals surface area contributed by atoms with E-state index in [1.165, 1.54) is 9.58 Å². The van der Waals surface area contributed by atoms with Gasteiger partial charge in [0.1, 0.15) is 28.9 Å². The lowest BCUT2D eigenvalue weighted by molar-refractivity contribution is -0.147. The van der Waals surface area contributed by atoms with Gasteiger partial charge >= 0.3 is 6.18 Å². The van der Waals surface area contributed by atoms with Gasteiger partial charge in [-0.15, -0.1) is 0 Å². The van der Waals surface area contributed by atoms with E-state index in [1.807, 2.05) is 31.2 Å². The zero-order valence-electron chi connectivity index (χ0n) is 25.3. The van der Waals surface area contributed by atoms with Crippen LogP contribution in [0.5, 0.6) is 5.75 Å². The number of anilines is 2. The van der Waals surface area contributed by atoms with Gasteiger partial charge in [-0.05, 0) is 63.9 Å². The average molecular weight is 638 g/mol. The highest BCUT2D eigenvalue weighted by Crippen LogP contribution is 2.36. The number of alkyl halides is 3. The van der Waals surface area contributed by atoms with Gasteiger partial charge in [0.15, 0.2) is 5.82 Å². The Hall–Kier alpha value is -4.65. The van der Waals surface area contributed by atoms with Crippen molar-refractivity contribution in [2.75, 3.05) is 31.6 Å². The number of aromatic nitrogens is 5. The maximum atomic E-state index is 15.0. The van der Waals surface area contributed by atoms with Crippen LogP contribution in [0.3, 0.4) is 0 Å².